The molecule has 0 N–H and O–H groups in total. The lowest BCUT2D eigenvalue weighted by Gasteiger charge is -2.19. The SMILES string of the molecule is CN(C)CCCN(C(=O)C=Cc1ccc2c(c1)OCO2)c1nc2c(F)cc(F)cc2s1.Cl. The minimum atomic E-state index is -0.742. The molecule has 0 fully saturated rings. The van der Waals surface area contributed by atoms with E-state index in [-0.39, 0.29) is 30.6 Å². The summed E-state index contributed by atoms with van der Waals surface area (Å²) in [6.07, 6.45) is 3.82. The minimum absolute atomic E-state index is 0. The van der Waals surface area contributed by atoms with E-state index in [2.05, 4.69) is 4.98 Å². The summed E-state index contributed by atoms with van der Waals surface area (Å²) in [6.45, 7) is 1.34. The van der Waals surface area contributed by atoms with Crippen LogP contribution in [0.15, 0.2) is 36.4 Å². The van der Waals surface area contributed by atoms with Gasteiger partial charge in [0.05, 0.1) is 4.70 Å². The Morgan fingerprint density at radius 3 is 2.72 bits per heavy atom. The van der Waals surface area contributed by atoms with E-state index in [1.807, 2.05) is 25.1 Å². The molecule has 1 aromatic heterocycles. The standard InChI is InChI=1S/C22H21F2N3O3S.ClH/c1-26(2)8-3-9-27(22-25-21-16(24)11-15(23)12-19(21)31-22)20(28)7-5-14-4-6-17-18(10-14)30-13-29-17;/h4-7,10-12H,3,8-9,13H2,1-2H3;1H. The number of carbonyl (C=O) groups is 1. The van der Waals surface area contributed by atoms with Crippen LogP contribution in [0.4, 0.5) is 13.9 Å². The Balaban J connectivity index is 0.00000289. The van der Waals surface area contributed by atoms with Gasteiger partial charge < -0.3 is 14.4 Å². The zero-order chi connectivity index (χ0) is 22.0. The van der Waals surface area contributed by atoms with E-state index >= 15 is 0 Å². The van der Waals surface area contributed by atoms with Crippen molar-refractivity contribution in [3.63, 3.8) is 0 Å². The fourth-order valence-electron chi connectivity index (χ4n) is 3.18. The monoisotopic (exact) mass is 481 g/mol. The molecule has 10 heteroatoms. The van der Waals surface area contributed by atoms with E-state index in [4.69, 9.17) is 9.47 Å². The lowest BCUT2D eigenvalue weighted by molar-refractivity contribution is -0.114. The molecule has 0 radical (unpaired) electrons. The zero-order valence-corrected chi connectivity index (χ0v) is 19.1. The second-order valence-corrected chi connectivity index (χ2v) is 8.33. The summed E-state index contributed by atoms with van der Waals surface area (Å²) >= 11 is 1.09. The summed E-state index contributed by atoms with van der Waals surface area (Å²) in [5, 5.41) is 0.332. The normalized spacial score (nSPS) is 12.5. The van der Waals surface area contributed by atoms with Gasteiger partial charge in [-0.2, -0.15) is 0 Å². The van der Waals surface area contributed by atoms with Gasteiger partial charge in [0.2, 0.25) is 6.79 Å². The first kappa shape index (κ1) is 23.9. The summed E-state index contributed by atoms with van der Waals surface area (Å²) in [4.78, 5) is 20.8. The highest BCUT2D eigenvalue weighted by molar-refractivity contribution is 7.22. The van der Waals surface area contributed by atoms with Crippen LogP contribution < -0.4 is 14.4 Å². The van der Waals surface area contributed by atoms with Gasteiger partial charge in [0.1, 0.15) is 11.3 Å². The average Bonchev–Trinajstić information content (AvgIpc) is 3.35. The molecule has 0 spiro atoms. The quantitative estimate of drug-likeness (QED) is 0.457. The van der Waals surface area contributed by atoms with Crippen molar-refractivity contribution in [2.45, 2.75) is 6.42 Å². The van der Waals surface area contributed by atoms with Crippen molar-refractivity contribution in [3.05, 3.63) is 53.6 Å². The van der Waals surface area contributed by atoms with Crippen LogP contribution in [-0.4, -0.2) is 49.8 Å². The van der Waals surface area contributed by atoms with Gasteiger partial charge in [-0.1, -0.05) is 17.4 Å². The lowest BCUT2D eigenvalue weighted by Crippen LogP contribution is -2.32. The van der Waals surface area contributed by atoms with Crippen LogP contribution in [0.25, 0.3) is 16.3 Å². The first-order chi connectivity index (χ1) is 14.9. The number of nitrogens with zero attached hydrogens (tertiary/aromatic N) is 3. The molecule has 0 saturated heterocycles. The van der Waals surface area contributed by atoms with E-state index in [9.17, 15) is 13.6 Å². The smallest absolute Gasteiger partial charge is 0.252 e. The summed E-state index contributed by atoms with van der Waals surface area (Å²) in [7, 11) is 3.89. The molecule has 6 nitrogen and oxygen atoms in total. The average molecular weight is 482 g/mol. The third-order valence-electron chi connectivity index (χ3n) is 4.70. The Morgan fingerprint density at radius 1 is 1.16 bits per heavy atom. The Bertz CT molecular complexity index is 1150. The summed E-state index contributed by atoms with van der Waals surface area (Å²) in [6, 6.07) is 7.42. The van der Waals surface area contributed by atoms with Crippen molar-refractivity contribution < 1.29 is 23.0 Å². The number of ether oxygens (including phenoxy) is 2. The van der Waals surface area contributed by atoms with E-state index in [0.717, 1.165) is 29.5 Å². The third kappa shape index (κ3) is 5.35. The van der Waals surface area contributed by atoms with Gasteiger partial charge in [-0.3, -0.25) is 9.69 Å². The first-order valence-corrected chi connectivity index (χ1v) is 10.5. The fourth-order valence-corrected chi connectivity index (χ4v) is 4.22. The van der Waals surface area contributed by atoms with Gasteiger partial charge in [0.25, 0.3) is 5.91 Å². The number of benzene rings is 2. The molecule has 4 rings (SSSR count). The molecular formula is C22H22ClF2N3O3S. The maximum Gasteiger partial charge on any atom is 0.252 e. The van der Waals surface area contributed by atoms with Gasteiger partial charge >= 0.3 is 0 Å². The maximum atomic E-state index is 14.1. The number of anilines is 1. The number of hydrogen-bond acceptors (Lipinski definition) is 6. The predicted octanol–water partition coefficient (Wildman–Crippen LogP) is 4.72. The number of rotatable bonds is 7. The molecule has 170 valence electrons. The molecule has 3 aromatic rings. The van der Waals surface area contributed by atoms with Gasteiger partial charge in [0.15, 0.2) is 22.4 Å². The molecule has 2 heterocycles. The van der Waals surface area contributed by atoms with E-state index in [1.54, 1.807) is 18.2 Å². The van der Waals surface area contributed by atoms with E-state index < -0.39 is 11.6 Å². The van der Waals surface area contributed by atoms with Crippen molar-refractivity contribution in [2.75, 3.05) is 38.9 Å². The largest absolute Gasteiger partial charge is 0.454 e. The van der Waals surface area contributed by atoms with Gasteiger partial charge in [-0.05, 0) is 56.9 Å². The van der Waals surface area contributed by atoms with Crippen LogP contribution in [-0.2, 0) is 4.79 Å². The molecule has 0 saturated carbocycles. The topological polar surface area (TPSA) is 54.9 Å². The number of hydrogen-bond donors (Lipinski definition) is 0. The zero-order valence-electron chi connectivity index (χ0n) is 17.5. The maximum absolute atomic E-state index is 14.1. The van der Waals surface area contributed by atoms with Crippen LogP contribution in [0.3, 0.4) is 0 Å². The number of amides is 1. The number of carbonyl (C=O) groups excluding carboxylic acids is 1. The minimum Gasteiger partial charge on any atom is -0.454 e. The molecule has 0 aliphatic carbocycles. The fraction of sp³-hybridized carbons (Fsp3) is 0.273. The molecular weight excluding hydrogens is 460 g/mol. The lowest BCUT2D eigenvalue weighted by atomic mass is 10.2. The van der Waals surface area contributed by atoms with Gasteiger partial charge in [-0.15, -0.1) is 12.4 Å². The number of fused-ring (bicyclic) bond motifs is 2. The molecule has 0 unspecified atom stereocenters. The number of aromatic nitrogens is 1. The molecule has 0 atom stereocenters. The van der Waals surface area contributed by atoms with Gasteiger partial charge in [-0.25, -0.2) is 13.8 Å². The van der Waals surface area contributed by atoms with Crippen molar-refractivity contribution in [1.82, 2.24) is 9.88 Å². The highest BCUT2D eigenvalue weighted by Crippen LogP contribution is 2.33. The van der Waals surface area contributed by atoms with Crippen molar-refractivity contribution >= 4 is 51.1 Å². The van der Waals surface area contributed by atoms with Crippen LogP contribution >= 0.6 is 23.7 Å². The van der Waals surface area contributed by atoms with Crippen molar-refractivity contribution in [1.29, 1.82) is 0 Å². The van der Waals surface area contributed by atoms with Crippen LogP contribution in [0, 0.1) is 11.6 Å². The second-order valence-electron chi connectivity index (χ2n) is 7.32. The molecule has 1 amide bonds. The molecule has 1 aliphatic rings. The van der Waals surface area contributed by atoms with Crippen LogP contribution in [0.2, 0.25) is 0 Å². The Kier molecular flexibility index (Phi) is 7.65. The Hall–Kier alpha value is -2.75. The van der Waals surface area contributed by atoms with E-state index in [0.29, 0.717) is 34.3 Å². The van der Waals surface area contributed by atoms with Crippen LogP contribution in [0.5, 0.6) is 11.5 Å². The summed E-state index contributed by atoms with van der Waals surface area (Å²) < 4.78 is 38.7. The highest BCUT2D eigenvalue weighted by Gasteiger charge is 2.20. The summed E-state index contributed by atoms with van der Waals surface area (Å²) in [5.41, 5.74) is 0.842. The van der Waals surface area contributed by atoms with E-state index in [1.165, 1.54) is 17.0 Å². The van der Waals surface area contributed by atoms with Gasteiger partial charge in [0, 0.05) is 18.7 Å². The second kappa shape index (κ2) is 10.2. The Labute approximate surface area is 194 Å². The third-order valence-corrected chi connectivity index (χ3v) is 5.73. The molecule has 2 aromatic carbocycles. The highest BCUT2D eigenvalue weighted by atomic mass is 35.5. The molecule has 0 bridgehead atoms. The van der Waals surface area contributed by atoms with Crippen molar-refractivity contribution in [3.8, 4) is 11.5 Å². The number of thiazole rings is 1. The molecule has 32 heavy (non-hydrogen) atoms. The predicted molar refractivity (Wildman–Crippen MR) is 124 cm³/mol. The Morgan fingerprint density at radius 2 is 1.94 bits per heavy atom. The number of halogens is 3. The summed E-state index contributed by atoms with van der Waals surface area (Å²) in [5.74, 6) is -0.419. The first-order valence-electron chi connectivity index (χ1n) is 9.70. The molecule has 1 aliphatic heterocycles. The van der Waals surface area contributed by atoms with Crippen molar-refractivity contribution in [2.24, 2.45) is 0 Å². The van der Waals surface area contributed by atoms with Crippen LogP contribution in [0.1, 0.15) is 12.0 Å².